The van der Waals surface area contributed by atoms with E-state index in [1.54, 1.807) is 31.2 Å². The van der Waals surface area contributed by atoms with Gasteiger partial charge in [0.1, 0.15) is 10.8 Å². The summed E-state index contributed by atoms with van der Waals surface area (Å²) in [6.45, 7) is 1.61. The molecule has 0 radical (unpaired) electrons. The highest BCUT2D eigenvalue weighted by molar-refractivity contribution is 7.19. The Hall–Kier alpha value is -3.07. The fraction of sp³-hybridized carbons (Fsp3) is 0.136. The predicted octanol–water partition coefficient (Wildman–Crippen LogP) is 5.66. The molecule has 0 aliphatic rings. The molecule has 166 valence electrons. The standard InChI is InChI=1S/C22H18Cl2N2O5S/c1-11-17(22(29)31-3)21(26-19(27)12-8-9-13(23)14(24)10-12)32-18(11)20(28)25-15-6-4-5-7-16(15)30-2/h4-10H,1-3H3,(H,25,28)(H,26,27). The van der Waals surface area contributed by atoms with Crippen LogP contribution in [-0.2, 0) is 4.74 Å². The van der Waals surface area contributed by atoms with Crippen molar-refractivity contribution in [3.63, 3.8) is 0 Å². The summed E-state index contributed by atoms with van der Waals surface area (Å²) in [6.07, 6.45) is 0. The lowest BCUT2D eigenvalue weighted by atomic mass is 10.1. The van der Waals surface area contributed by atoms with Crippen LogP contribution in [0.1, 0.15) is 36.0 Å². The zero-order chi connectivity index (χ0) is 23.4. The average molecular weight is 493 g/mol. The second kappa shape index (κ2) is 10.0. The Morgan fingerprint density at radius 2 is 1.66 bits per heavy atom. The van der Waals surface area contributed by atoms with E-state index >= 15 is 0 Å². The van der Waals surface area contributed by atoms with Gasteiger partial charge in [0.15, 0.2) is 0 Å². The van der Waals surface area contributed by atoms with Gasteiger partial charge in [0.25, 0.3) is 11.8 Å². The van der Waals surface area contributed by atoms with Gasteiger partial charge in [0.2, 0.25) is 0 Å². The lowest BCUT2D eigenvalue weighted by Gasteiger charge is -2.09. The van der Waals surface area contributed by atoms with E-state index in [2.05, 4.69) is 10.6 Å². The minimum atomic E-state index is -0.681. The monoisotopic (exact) mass is 492 g/mol. The number of nitrogens with one attached hydrogen (secondary N) is 2. The van der Waals surface area contributed by atoms with Crippen LogP contribution in [0.3, 0.4) is 0 Å². The molecule has 3 rings (SSSR count). The van der Waals surface area contributed by atoms with E-state index in [9.17, 15) is 14.4 Å². The number of carbonyl (C=O) groups is 3. The third-order valence-electron chi connectivity index (χ3n) is 4.51. The van der Waals surface area contributed by atoms with Crippen molar-refractivity contribution in [2.75, 3.05) is 24.9 Å². The molecule has 0 aliphatic carbocycles. The largest absolute Gasteiger partial charge is 0.495 e. The van der Waals surface area contributed by atoms with Crippen molar-refractivity contribution in [1.29, 1.82) is 0 Å². The molecular weight excluding hydrogens is 475 g/mol. The molecule has 1 heterocycles. The van der Waals surface area contributed by atoms with Gasteiger partial charge in [-0.1, -0.05) is 35.3 Å². The Morgan fingerprint density at radius 3 is 2.31 bits per heavy atom. The number of benzene rings is 2. The van der Waals surface area contributed by atoms with E-state index in [1.807, 2.05) is 0 Å². The molecule has 10 heteroatoms. The summed E-state index contributed by atoms with van der Waals surface area (Å²) in [6, 6.07) is 11.3. The molecule has 0 bridgehead atoms. The van der Waals surface area contributed by atoms with Gasteiger partial charge >= 0.3 is 5.97 Å². The number of methoxy groups -OCH3 is 2. The normalized spacial score (nSPS) is 10.4. The summed E-state index contributed by atoms with van der Waals surface area (Å²) in [4.78, 5) is 38.3. The van der Waals surface area contributed by atoms with Crippen LogP contribution in [-0.4, -0.2) is 32.0 Å². The number of hydrogen-bond donors (Lipinski definition) is 2. The number of hydrogen-bond acceptors (Lipinski definition) is 6. The summed E-state index contributed by atoms with van der Waals surface area (Å²) in [5, 5.41) is 6.13. The molecule has 2 aromatic carbocycles. The summed E-state index contributed by atoms with van der Waals surface area (Å²) in [5.74, 6) is -1.18. The smallest absolute Gasteiger partial charge is 0.341 e. The molecule has 0 spiro atoms. The summed E-state index contributed by atoms with van der Waals surface area (Å²) in [5.41, 5.74) is 1.17. The summed E-state index contributed by atoms with van der Waals surface area (Å²) >= 11 is 12.8. The third kappa shape index (κ3) is 4.88. The molecule has 0 aliphatic heterocycles. The Morgan fingerprint density at radius 1 is 0.938 bits per heavy atom. The number of ether oxygens (including phenoxy) is 2. The molecule has 0 saturated heterocycles. The third-order valence-corrected chi connectivity index (χ3v) is 6.45. The Kier molecular flexibility index (Phi) is 7.40. The first-order valence-corrected chi connectivity index (χ1v) is 10.8. The Labute approximate surface area is 198 Å². The van der Waals surface area contributed by atoms with Crippen LogP contribution >= 0.6 is 34.5 Å². The van der Waals surface area contributed by atoms with E-state index in [4.69, 9.17) is 32.7 Å². The lowest BCUT2D eigenvalue weighted by Crippen LogP contribution is -2.14. The van der Waals surface area contributed by atoms with Crippen LogP contribution < -0.4 is 15.4 Å². The van der Waals surface area contributed by atoms with E-state index < -0.39 is 17.8 Å². The molecule has 0 unspecified atom stereocenters. The molecule has 32 heavy (non-hydrogen) atoms. The van der Waals surface area contributed by atoms with Crippen LogP contribution in [0.25, 0.3) is 0 Å². The predicted molar refractivity (Wildman–Crippen MR) is 126 cm³/mol. The number of rotatable bonds is 6. The number of anilines is 2. The van der Waals surface area contributed by atoms with Crippen molar-refractivity contribution >= 4 is 63.0 Å². The number of esters is 1. The second-order valence-electron chi connectivity index (χ2n) is 6.49. The van der Waals surface area contributed by atoms with E-state index in [1.165, 1.54) is 32.4 Å². The average Bonchev–Trinajstić information content (AvgIpc) is 3.11. The van der Waals surface area contributed by atoms with Gasteiger partial charge in [0.05, 0.1) is 40.4 Å². The fourth-order valence-corrected chi connectivity index (χ4v) is 4.29. The minimum absolute atomic E-state index is 0.0936. The SMILES string of the molecule is COC(=O)c1c(NC(=O)c2ccc(Cl)c(Cl)c2)sc(C(=O)Nc2ccccc2OC)c1C. The zero-order valence-corrected chi connectivity index (χ0v) is 19.6. The molecule has 2 N–H and O–H groups in total. The lowest BCUT2D eigenvalue weighted by molar-refractivity contribution is 0.0601. The molecule has 3 aromatic rings. The van der Waals surface area contributed by atoms with Crippen molar-refractivity contribution in [2.24, 2.45) is 0 Å². The zero-order valence-electron chi connectivity index (χ0n) is 17.2. The first kappa shape index (κ1) is 23.6. The van der Waals surface area contributed by atoms with Crippen molar-refractivity contribution in [3.05, 3.63) is 74.1 Å². The maximum Gasteiger partial charge on any atom is 0.341 e. The molecule has 7 nitrogen and oxygen atoms in total. The highest BCUT2D eigenvalue weighted by Gasteiger charge is 2.27. The maximum atomic E-state index is 13.0. The Bertz CT molecular complexity index is 1210. The number of thiophene rings is 1. The quantitative estimate of drug-likeness (QED) is 0.432. The van der Waals surface area contributed by atoms with Crippen LogP contribution in [0.2, 0.25) is 10.0 Å². The first-order valence-electron chi connectivity index (χ1n) is 9.19. The summed E-state index contributed by atoms with van der Waals surface area (Å²) < 4.78 is 10.1. The highest BCUT2D eigenvalue weighted by atomic mass is 35.5. The maximum absolute atomic E-state index is 13.0. The van der Waals surface area contributed by atoms with E-state index in [0.29, 0.717) is 22.0 Å². The van der Waals surface area contributed by atoms with Gasteiger partial charge < -0.3 is 20.1 Å². The van der Waals surface area contributed by atoms with Gasteiger partial charge in [-0.05, 0) is 42.8 Å². The number of halogens is 2. The van der Waals surface area contributed by atoms with Gasteiger partial charge in [-0.25, -0.2) is 4.79 Å². The molecule has 2 amide bonds. The van der Waals surface area contributed by atoms with Crippen molar-refractivity contribution in [1.82, 2.24) is 0 Å². The van der Waals surface area contributed by atoms with Gasteiger partial charge in [0, 0.05) is 5.56 Å². The molecular formula is C22H18Cl2N2O5S. The van der Waals surface area contributed by atoms with E-state index in [0.717, 1.165) is 11.3 Å². The Balaban J connectivity index is 1.95. The van der Waals surface area contributed by atoms with Gasteiger partial charge in [-0.15, -0.1) is 11.3 Å². The van der Waals surface area contributed by atoms with Crippen LogP contribution in [0, 0.1) is 6.92 Å². The van der Waals surface area contributed by atoms with Crippen LogP contribution in [0.15, 0.2) is 42.5 Å². The van der Waals surface area contributed by atoms with Crippen LogP contribution in [0.5, 0.6) is 5.75 Å². The van der Waals surface area contributed by atoms with Crippen molar-refractivity contribution in [3.8, 4) is 5.75 Å². The second-order valence-corrected chi connectivity index (χ2v) is 8.32. The van der Waals surface area contributed by atoms with Crippen LogP contribution in [0.4, 0.5) is 10.7 Å². The molecule has 0 fully saturated rings. The van der Waals surface area contributed by atoms with E-state index in [-0.39, 0.29) is 26.0 Å². The molecule has 0 saturated carbocycles. The molecule has 1 aromatic heterocycles. The number of carbonyl (C=O) groups excluding carboxylic acids is 3. The highest BCUT2D eigenvalue weighted by Crippen LogP contribution is 2.35. The van der Waals surface area contributed by atoms with Crippen molar-refractivity contribution in [2.45, 2.75) is 6.92 Å². The van der Waals surface area contributed by atoms with Crippen molar-refractivity contribution < 1.29 is 23.9 Å². The number of amides is 2. The fourth-order valence-electron chi connectivity index (χ4n) is 2.91. The minimum Gasteiger partial charge on any atom is -0.495 e. The van der Waals surface area contributed by atoms with Gasteiger partial charge in [-0.3, -0.25) is 9.59 Å². The van der Waals surface area contributed by atoms with Gasteiger partial charge in [-0.2, -0.15) is 0 Å². The topological polar surface area (TPSA) is 93.7 Å². The number of para-hydroxylation sites is 2. The first-order chi connectivity index (χ1) is 15.3. The molecule has 0 atom stereocenters. The summed E-state index contributed by atoms with van der Waals surface area (Å²) in [7, 11) is 2.71.